The fraction of sp³-hybridized carbons (Fsp3) is 0.417. The van der Waals surface area contributed by atoms with Crippen LogP contribution in [0.1, 0.15) is 38.3 Å². The molecule has 34 heavy (non-hydrogen) atoms. The zero-order valence-electron chi connectivity index (χ0n) is 20.0. The largest absolute Gasteiger partial charge is 0.352 e. The summed E-state index contributed by atoms with van der Waals surface area (Å²) in [6, 6.07) is 8.97. The molecule has 0 bridgehead atoms. The smallest absolute Gasteiger partial charge is 0.244 e. The lowest BCUT2D eigenvalue weighted by atomic mass is 10.1. The summed E-state index contributed by atoms with van der Waals surface area (Å²) in [5.41, 5.74) is 1.59. The van der Waals surface area contributed by atoms with Crippen molar-refractivity contribution in [2.24, 2.45) is 0 Å². The Morgan fingerprint density at radius 1 is 1.03 bits per heavy atom. The minimum Gasteiger partial charge on any atom is -0.352 e. The quantitative estimate of drug-likeness (QED) is 0.548. The second-order valence-electron chi connectivity index (χ2n) is 8.46. The molecule has 0 saturated carbocycles. The van der Waals surface area contributed by atoms with Gasteiger partial charge in [-0.2, -0.15) is 0 Å². The molecule has 0 aromatic heterocycles. The van der Waals surface area contributed by atoms with Crippen molar-refractivity contribution in [1.82, 2.24) is 10.2 Å². The van der Waals surface area contributed by atoms with Crippen molar-refractivity contribution in [1.29, 1.82) is 0 Å². The van der Waals surface area contributed by atoms with Crippen LogP contribution in [0.2, 0.25) is 0 Å². The van der Waals surface area contributed by atoms with E-state index in [9.17, 15) is 26.8 Å². The van der Waals surface area contributed by atoms with E-state index in [-0.39, 0.29) is 24.2 Å². The summed E-state index contributed by atoms with van der Waals surface area (Å²) in [7, 11) is -4.03. The van der Waals surface area contributed by atoms with Gasteiger partial charge in [-0.05, 0) is 44.9 Å². The molecule has 0 saturated heterocycles. The van der Waals surface area contributed by atoms with Crippen LogP contribution in [0.15, 0.2) is 42.5 Å². The minimum atomic E-state index is -4.03. The molecule has 1 N–H and O–H groups in total. The van der Waals surface area contributed by atoms with E-state index in [1.165, 1.54) is 4.90 Å². The summed E-state index contributed by atoms with van der Waals surface area (Å²) in [6.45, 7) is 6.66. The molecule has 10 heteroatoms. The summed E-state index contributed by atoms with van der Waals surface area (Å²) in [5.74, 6) is -3.39. The van der Waals surface area contributed by atoms with Crippen LogP contribution >= 0.6 is 0 Å². The van der Waals surface area contributed by atoms with Gasteiger partial charge >= 0.3 is 0 Å². The molecule has 0 aliphatic heterocycles. The van der Waals surface area contributed by atoms with Crippen molar-refractivity contribution in [2.75, 3.05) is 17.1 Å². The Labute approximate surface area is 199 Å². The van der Waals surface area contributed by atoms with Gasteiger partial charge in [-0.25, -0.2) is 17.2 Å². The third kappa shape index (κ3) is 7.24. The van der Waals surface area contributed by atoms with E-state index in [1.807, 2.05) is 31.2 Å². The number of halogens is 2. The predicted molar refractivity (Wildman–Crippen MR) is 128 cm³/mol. The summed E-state index contributed by atoms with van der Waals surface area (Å²) in [5, 5.41) is 2.80. The number of amides is 2. The van der Waals surface area contributed by atoms with E-state index >= 15 is 0 Å². The second-order valence-corrected chi connectivity index (χ2v) is 10.4. The van der Waals surface area contributed by atoms with Crippen LogP contribution in [0.3, 0.4) is 0 Å². The summed E-state index contributed by atoms with van der Waals surface area (Å²) >= 11 is 0. The van der Waals surface area contributed by atoms with Crippen LogP contribution in [0.4, 0.5) is 14.5 Å². The molecule has 2 rings (SSSR count). The van der Waals surface area contributed by atoms with Crippen molar-refractivity contribution in [3.8, 4) is 0 Å². The Balaban J connectivity index is 2.45. The first-order valence-corrected chi connectivity index (χ1v) is 12.8. The molecule has 2 aromatic rings. The molecule has 2 aromatic carbocycles. The number of benzene rings is 2. The highest BCUT2D eigenvalue weighted by molar-refractivity contribution is 7.92. The normalized spacial score (nSPS) is 12.4. The van der Waals surface area contributed by atoms with Crippen molar-refractivity contribution >= 4 is 27.5 Å². The number of nitrogens with zero attached hydrogens (tertiary/aromatic N) is 2. The first-order valence-electron chi connectivity index (χ1n) is 10.9. The first kappa shape index (κ1) is 27.2. The average molecular weight is 496 g/mol. The van der Waals surface area contributed by atoms with Gasteiger partial charge in [0.05, 0.1) is 11.9 Å². The average Bonchev–Trinajstić information content (AvgIpc) is 2.74. The Morgan fingerprint density at radius 3 is 2.15 bits per heavy atom. The summed E-state index contributed by atoms with van der Waals surface area (Å²) in [6.07, 6.45) is 1.16. The van der Waals surface area contributed by atoms with Crippen molar-refractivity contribution < 1.29 is 26.8 Å². The molecule has 1 unspecified atom stereocenters. The van der Waals surface area contributed by atoms with E-state index in [0.29, 0.717) is 10.7 Å². The molecule has 0 radical (unpaired) electrons. The van der Waals surface area contributed by atoms with Gasteiger partial charge in [0.1, 0.15) is 12.6 Å². The fourth-order valence-corrected chi connectivity index (χ4v) is 4.29. The van der Waals surface area contributed by atoms with E-state index < -0.39 is 40.2 Å². The number of nitrogens with one attached hydrogen (secondary N) is 1. The zero-order valence-corrected chi connectivity index (χ0v) is 20.8. The maximum Gasteiger partial charge on any atom is 0.244 e. The highest BCUT2D eigenvalue weighted by Crippen LogP contribution is 2.22. The minimum absolute atomic E-state index is 0.0680. The Bertz CT molecular complexity index is 1120. The van der Waals surface area contributed by atoms with Gasteiger partial charge in [0.25, 0.3) is 0 Å². The lowest BCUT2D eigenvalue weighted by Crippen LogP contribution is -2.53. The maximum atomic E-state index is 13.8. The number of sulfonamides is 1. The topological polar surface area (TPSA) is 86.8 Å². The van der Waals surface area contributed by atoms with Crippen LogP contribution in [0, 0.1) is 18.6 Å². The third-order valence-corrected chi connectivity index (χ3v) is 6.30. The molecule has 186 valence electrons. The number of carbonyl (C=O) groups is 2. The molecule has 0 spiro atoms. The molecular weight excluding hydrogens is 464 g/mol. The number of aryl methyl sites for hydroxylation is 1. The highest BCUT2D eigenvalue weighted by atomic mass is 32.2. The molecule has 7 nitrogen and oxygen atoms in total. The second kappa shape index (κ2) is 11.4. The molecule has 2 amide bonds. The number of rotatable bonds is 10. The number of hydrogen-bond acceptors (Lipinski definition) is 4. The van der Waals surface area contributed by atoms with Gasteiger partial charge in [0, 0.05) is 18.7 Å². The standard InChI is InChI=1S/C24H31F2N3O4S/c1-6-22(24(31)27-16(2)3)28(14-18-9-7-17(4)8-10-18)23(30)15-29(34(5,32)33)19-11-12-20(25)21(26)13-19/h7-13,16,22H,6,14-15H2,1-5H3,(H,27,31). The Morgan fingerprint density at radius 2 is 1.65 bits per heavy atom. The first-order chi connectivity index (χ1) is 15.8. The van der Waals surface area contributed by atoms with Crippen LogP contribution in [-0.4, -0.2) is 50.0 Å². The van der Waals surface area contributed by atoms with Gasteiger partial charge in [-0.3, -0.25) is 13.9 Å². The van der Waals surface area contributed by atoms with E-state index in [4.69, 9.17) is 0 Å². The van der Waals surface area contributed by atoms with Crippen molar-refractivity contribution in [2.45, 2.75) is 52.7 Å². The molecule has 0 aliphatic carbocycles. The lowest BCUT2D eigenvalue weighted by Gasteiger charge is -2.33. The van der Waals surface area contributed by atoms with E-state index in [0.717, 1.165) is 35.6 Å². The van der Waals surface area contributed by atoms with Gasteiger partial charge in [-0.15, -0.1) is 0 Å². The van der Waals surface area contributed by atoms with Crippen LogP contribution < -0.4 is 9.62 Å². The third-order valence-electron chi connectivity index (χ3n) is 5.16. The molecule has 0 aliphatic rings. The van der Waals surface area contributed by atoms with Crippen molar-refractivity contribution in [3.63, 3.8) is 0 Å². The monoisotopic (exact) mass is 495 g/mol. The zero-order chi connectivity index (χ0) is 25.6. The predicted octanol–water partition coefficient (Wildman–Crippen LogP) is 3.37. The van der Waals surface area contributed by atoms with Crippen LogP contribution in [0.5, 0.6) is 0 Å². The van der Waals surface area contributed by atoms with Crippen LogP contribution in [-0.2, 0) is 26.2 Å². The molecule has 0 heterocycles. The molecule has 0 fully saturated rings. The van der Waals surface area contributed by atoms with E-state index in [1.54, 1.807) is 20.8 Å². The fourth-order valence-electron chi connectivity index (χ4n) is 3.44. The van der Waals surface area contributed by atoms with Gasteiger partial charge in [-0.1, -0.05) is 36.8 Å². The molecule has 1 atom stereocenters. The van der Waals surface area contributed by atoms with Crippen molar-refractivity contribution in [3.05, 3.63) is 65.2 Å². The lowest BCUT2D eigenvalue weighted by molar-refractivity contribution is -0.140. The highest BCUT2D eigenvalue weighted by Gasteiger charge is 2.32. The maximum absolute atomic E-state index is 13.8. The van der Waals surface area contributed by atoms with Gasteiger partial charge in [0.15, 0.2) is 11.6 Å². The van der Waals surface area contributed by atoms with Crippen LogP contribution in [0.25, 0.3) is 0 Å². The number of hydrogen-bond donors (Lipinski definition) is 1. The number of carbonyl (C=O) groups excluding carboxylic acids is 2. The van der Waals surface area contributed by atoms with Gasteiger partial charge in [0.2, 0.25) is 21.8 Å². The number of anilines is 1. The Hall–Kier alpha value is -3.01. The molecular formula is C24H31F2N3O4S. The summed E-state index contributed by atoms with van der Waals surface area (Å²) in [4.78, 5) is 27.7. The van der Waals surface area contributed by atoms with Gasteiger partial charge < -0.3 is 10.2 Å². The SMILES string of the molecule is CCC(C(=O)NC(C)C)N(Cc1ccc(C)cc1)C(=O)CN(c1ccc(F)c(F)c1)S(C)(=O)=O. The van der Waals surface area contributed by atoms with E-state index in [2.05, 4.69) is 5.32 Å². The Kier molecular flexibility index (Phi) is 9.14. The summed E-state index contributed by atoms with van der Waals surface area (Å²) < 4.78 is 52.8.